The third-order valence-corrected chi connectivity index (χ3v) is 4.14. The molecular weight excluding hydrogens is 412 g/mol. The van der Waals surface area contributed by atoms with Crippen molar-refractivity contribution >= 4 is 28.1 Å². The molecule has 1 heterocycles. The van der Waals surface area contributed by atoms with Crippen molar-refractivity contribution in [1.29, 1.82) is 0 Å². The zero-order valence-corrected chi connectivity index (χ0v) is 16.0. The first-order valence-corrected chi connectivity index (χ1v) is 9.01. The molecule has 0 aromatic heterocycles. The summed E-state index contributed by atoms with van der Waals surface area (Å²) in [6.07, 6.45) is 6.91. The minimum absolute atomic E-state index is 0.152. The summed E-state index contributed by atoms with van der Waals surface area (Å²) < 4.78 is 17.3. The number of hydrogen-bond donors (Lipinski definition) is 1. The highest BCUT2D eigenvalue weighted by Gasteiger charge is 2.13. The number of ether oxygens (including phenoxy) is 3. The molecule has 2 aromatic rings. The minimum atomic E-state index is -0.246. The van der Waals surface area contributed by atoms with E-state index < -0.39 is 0 Å². The number of carbonyl (C=O) groups excluding carboxylic acids is 1. The van der Waals surface area contributed by atoms with E-state index in [1.165, 1.54) is 6.21 Å². The molecule has 0 unspecified atom stereocenters. The lowest BCUT2D eigenvalue weighted by molar-refractivity contribution is -0.120. The van der Waals surface area contributed by atoms with Crippen LogP contribution in [0.1, 0.15) is 11.1 Å². The van der Waals surface area contributed by atoms with Crippen molar-refractivity contribution in [3.63, 3.8) is 0 Å². The first-order chi connectivity index (χ1) is 13.2. The van der Waals surface area contributed by atoms with Crippen LogP contribution in [0.3, 0.4) is 0 Å². The van der Waals surface area contributed by atoms with Crippen LogP contribution in [0.2, 0.25) is 0 Å². The Morgan fingerprint density at radius 2 is 2.07 bits per heavy atom. The highest BCUT2D eigenvalue weighted by Crippen LogP contribution is 2.30. The zero-order valence-electron chi connectivity index (χ0n) is 14.4. The second-order valence-corrected chi connectivity index (χ2v) is 6.54. The molecule has 1 aliphatic heterocycles. The second kappa shape index (κ2) is 9.10. The normalized spacial score (nSPS) is 12.4. The number of hydrogen-bond acceptors (Lipinski definition) is 5. The molecule has 3 rings (SSSR count). The second-order valence-electron chi connectivity index (χ2n) is 5.62. The first-order valence-electron chi connectivity index (χ1n) is 8.22. The molecular formula is C20H17BrN2O4. The fraction of sp³-hybridized carbons (Fsp3) is 0.200. The summed E-state index contributed by atoms with van der Waals surface area (Å²) in [5.74, 6) is 4.10. The molecule has 6 nitrogen and oxygen atoms in total. The maximum absolute atomic E-state index is 12.1. The monoisotopic (exact) mass is 428 g/mol. The number of rotatable bonds is 6. The summed E-state index contributed by atoms with van der Waals surface area (Å²) in [5.41, 5.74) is 4.02. The van der Waals surface area contributed by atoms with E-state index in [0.717, 1.165) is 10.0 Å². The summed E-state index contributed by atoms with van der Waals surface area (Å²) in [7, 11) is 0. The van der Waals surface area contributed by atoms with Gasteiger partial charge in [0.05, 0.1) is 12.6 Å². The fourth-order valence-corrected chi connectivity index (χ4v) is 2.85. The standard InChI is InChI=1S/C20H17BrN2O4/c1-2-7-25-17-6-4-16(21)12-15(17)13-22-23-20(24)11-14-3-5-18-19(10-14)27-9-8-26-18/h1,3-6,10,12-13H,7-9,11H2,(H,23,24)/b22-13-. The van der Waals surface area contributed by atoms with Crippen molar-refractivity contribution in [1.82, 2.24) is 5.43 Å². The van der Waals surface area contributed by atoms with Gasteiger partial charge in [-0.15, -0.1) is 6.42 Å². The van der Waals surface area contributed by atoms with Crippen LogP contribution in [0.4, 0.5) is 0 Å². The van der Waals surface area contributed by atoms with E-state index in [4.69, 9.17) is 20.6 Å². The number of nitrogens with zero attached hydrogens (tertiary/aromatic N) is 1. The quantitative estimate of drug-likeness (QED) is 0.436. The van der Waals surface area contributed by atoms with Gasteiger partial charge in [-0.25, -0.2) is 5.43 Å². The molecule has 0 aliphatic carbocycles. The van der Waals surface area contributed by atoms with Crippen molar-refractivity contribution in [2.45, 2.75) is 6.42 Å². The number of carbonyl (C=O) groups is 1. The van der Waals surface area contributed by atoms with Gasteiger partial charge in [0, 0.05) is 10.0 Å². The Morgan fingerprint density at radius 3 is 2.89 bits per heavy atom. The van der Waals surface area contributed by atoms with Crippen LogP contribution in [-0.2, 0) is 11.2 Å². The molecule has 1 N–H and O–H groups in total. The van der Waals surface area contributed by atoms with Crippen LogP contribution in [0.25, 0.3) is 0 Å². The fourth-order valence-electron chi connectivity index (χ4n) is 2.47. The first kappa shape index (κ1) is 18.8. The van der Waals surface area contributed by atoms with E-state index in [9.17, 15) is 4.79 Å². The highest BCUT2D eigenvalue weighted by atomic mass is 79.9. The SMILES string of the molecule is C#CCOc1ccc(Br)cc1/C=N\NC(=O)Cc1ccc2c(c1)OCCO2. The highest BCUT2D eigenvalue weighted by molar-refractivity contribution is 9.10. The molecule has 0 atom stereocenters. The van der Waals surface area contributed by atoms with Crippen molar-refractivity contribution in [3.8, 4) is 29.6 Å². The van der Waals surface area contributed by atoms with Gasteiger partial charge in [0.1, 0.15) is 25.6 Å². The summed E-state index contributed by atoms with van der Waals surface area (Å²) in [4.78, 5) is 12.1. The number of hydrazone groups is 1. The van der Waals surface area contributed by atoms with Crippen molar-refractivity contribution in [2.24, 2.45) is 5.10 Å². The molecule has 0 bridgehead atoms. The summed E-state index contributed by atoms with van der Waals surface area (Å²) in [6.45, 7) is 1.19. The molecule has 7 heteroatoms. The number of benzene rings is 2. The predicted octanol–water partition coefficient (Wildman–Crippen LogP) is 2.93. The summed E-state index contributed by atoms with van der Waals surface area (Å²) >= 11 is 3.39. The van der Waals surface area contributed by atoms with Crippen LogP contribution >= 0.6 is 15.9 Å². The van der Waals surface area contributed by atoms with Gasteiger partial charge in [-0.3, -0.25) is 4.79 Å². The van der Waals surface area contributed by atoms with Gasteiger partial charge in [-0.1, -0.05) is 27.9 Å². The van der Waals surface area contributed by atoms with Gasteiger partial charge in [-0.2, -0.15) is 5.10 Å². The Bertz CT molecular complexity index is 905. The van der Waals surface area contributed by atoms with Gasteiger partial charge < -0.3 is 14.2 Å². The Hall–Kier alpha value is -2.98. The third kappa shape index (κ3) is 5.25. The molecule has 0 saturated carbocycles. The predicted molar refractivity (Wildman–Crippen MR) is 105 cm³/mol. The lowest BCUT2D eigenvalue weighted by Crippen LogP contribution is -2.20. The van der Waals surface area contributed by atoms with Crippen LogP contribution < -0.4 is 19.6 Å². The summed E-state index contributed by atoms with van der Waals surface area (Å²) in [5, 5.41) is 4.00. The van der Waals surface area contributed by atoms with Gasteiger partial charge in [-0.05, 0) is 35.9 Å². The average Bonchev–Trinajstić information content (AvgIpc) is 2.67. The lowest BCUT2D eigenvalue weighted by atomic mass is 10.1. The topological polar surface area (TPSA) is 69.2 Å². The molecule has 27 heavy (non-hydrogen) atoms. The molecule has 1 aliphatic rings. The molecule has 0 spiro atoms. The molecule has 0 saturated heterocycles. The summed E-state index contributed by atoms with van der Waals surface area (Å²) in [6, 6.07) is 10.9. The average molecular weight is 429 g/mol. The molecule has 138 valence electrons. The third-order valence-electron chi connectivity index (χ3n) is 3.65. The number of terminal acetylenes is 1. The van der Waals surface area contributed by atoms with E-state index in [1.807, 2.05) is 18.2 Å². The van der Waals surface area contributed by atoms with Gasteiger partial charge in [0.2, 0.25) is 5.91 Å². The number of nitrogens with one attached hydrogen (secondary N) is 1. The maximum Gasteiger partial charge on any atom is 0.244 e. The Balaban J connectivity index is 1.61. The van der Waals surface area contributed by atoms with Crippen molar-refractivity contribution in [3.05, 3.63) is 52.0 Å². The van der Waals surface area contributed by atoms with E-state index in [-0.39, 0.29) is 18.9 Å². The number of fused-ring (bicyclic) bond motifs is 1. The minimum Gasteiger partial charge on any atom is -0.486 e. The van der Waals surface area contributed by atoms with Crippen LogP contribution in [0, 0.1) is 12.3 Å². The lowest BCUT2D eigenvalue weighted by Gasteiger charge is -2.18. The maximum atomic E-state index is 12.1. The van der Waals surface area contributed by atoms with Crippen LogP contribution in [0.15, 0.2) is 46.0 Å². The number of amides is 1. The van der Waals surface area contributed by atoms with E-state index in [1.54, 1.807) is 18.2 Å². The van der Waals surface area contributed by atoms with Crippen LogP contribution in [-0.4, -0.2) is 31.9 Å². The molecule has 0 fully saturated rings. The van der Waals surface area contributed by atoms with Crippen LogP contribution in [0.5, 0.6) is 17.2 Å². The Kier molecular flexibility index (Phi) is 6.34. The smallest absolute Gasteiger partial charge is 0.244 e. The number of halogens is 1. The van der Waals surface area contributed by atoms with E-state index >= 15 is 0 Å². The molecule has 2 aromatic carbocycles. The molecule has 0 radical (unpaired) electrons. The Morgan fingerprint density at radius 1 is 1.26 bits per heavy atom. The van der Waals surface area contributed by atoms with Gasteiger partial charge in [0.15, 0.2) is 11.5 Å². The van der Waals surface area contributed by atoms with Gasteiger partial charge >= 0.3 is 0 Å². The van der Waals surface area contributed by atoms with Crippen molar-refractivity contribution in [2.75, 3.05) is 19.8 Å². The molecule has 1 amide bonds. The van der Waals surface area contributed by atoms with E-state index in [0.29, 0.717) is 36.0 Å². The van der Waals surface area contributed by atoms with Crippen molar-refractivity contribution < 1.29 is 19.0 Å². The van der Waals surface area contributed by atoms with Gasteiger partial charge in [0.25, 0.3) is 0 Å². The van der Waals surface area contributed by atoms with E-state index in [2.05, 4.69) is 32.4 Å². The largest absolute Gasteiger partial charge is 0.486 e. The Labute approximate surface area is 165 Å². The zero-order chi connectivity index (χ0) is 19.1.